The maximum atomic E-state index is 11.5. The molecule has 1 aromatic heterocycles. The monoisotopic (exact) mass is 287 g/mol. The number of pyridine rings is 1. The number of nitrogens with one attached hydrogen (secondary N) is 1. The first-order chi connectivity index (χ1) is 10.2. The Hall–Kier alpha value is -2.01. The van der Waals surface area contributed by atoms with Crippen molar-refractivity contribution in [3.63, 3.8) is 0 Å². The molecule has 5 heteroatoms. The second-order valence-electron chi connectivity index (χ2n) is 5.16. The van der Waals surface area contributed by atoms with E-state index < -0.39 is 0 Å². The van der Waals surface area contributed by atoms with Crippen LogP contribution in [0.5, 0.6) is 0 Å². The van der Waals surface area contributed by atoms with Crippen LogP contribution in [0.1, 0.15) is 32.3 Å². The number of aromatic nitrogens is 1. The van der Waals surface area contributed by atoms with Gasteiger partial charge in [-0.25, -0.2) is 0 Å². The summed E-state index contributed by atoms with van der Waals surface area (Å²) in [6.07, 6.45) is 4.32. The topological polar surface area (TPSA) is 68.1 Å². The van der Waals surface area contributed by atoms with Gasteiger partial charge in [0.15, 0.2) is 0 Å². The molecule has 0 saturated carbocycles. The molecule has 0 spiro atoms. The van der Waals surface area contributed by atoms with Crippen molar-refractivity contribution in [2.45, 2.75) is 39.2 Å². The quantitative estimate of drug-likeness (QED) is 0.625. The number of hydrogen-bond donors (Lipinski definition) is 1. The van der Waals surface area contributed by atoms with Gasteiger partial charge in [0.2, 0.25) is 0 Å². The van der Waals surface area contributed by atoms with Gasteiger partial charge in [-0.1, -0.05) is 13.8 Å². The highest BCUT2D eigenvalue weighted by molar-refractivity contribution is 5.89. The van der Waals surface area contributed by atoms with Crippen LogP contribution in [0.15, 0.2) is 30.5 Å². The van der Waals surface area contributed by atoms with Crippen LogP contribution in [0, 0.1) is 10.1 Å². The van der Waals surface area contributed by atoms with Crippen LogP contribution >= 0.6 is 0 Å². The molecule has 0 aliphatic carbocycles. The molecule has 1 unspecified atom stereocenters. The van der Waals surface area contributed by atoms with Crippen LogP contribution in [0.3, 0.4) is 0 Å². The molecular weight excluding hydrogens is 266 g/mol. The van der Waals surface area contributed by atoms with E-state index in [1.165, 1.54) is 0 Å². The SMILES string of the molecule is CCCNC(CC)Cc1ccc2ncccc2c1[N+](=O)[O-]. The van der Waals surface area contributed by atoms with E-state index in [0.717, 1.165) is 24.9 Å². The van der Waals surface area contributed by atoms with Crippen LogP contribution in [0.4, 0.5) is 5.69 Å². The fourth-order valence-corrected chi connectivity index (χ4v) is 2.54. The van der Waals surface area contributed by atoms with Gasteiger partial charge in [0.05, 0.1) is 15.8 Å². The molecule has 0 fully saturated rings. The van der Waals surface area contributed by atoms with Gasteiger partial charge in [-0.05, 0) is 50.1 Å². The molecule has 0 aliphatic heterocycles. The molecular formula is C16H21N3O2. The largest absolute Gasteiger partial charge is 0.314 e. The van der Waals surface area contributed by atoms with Gasteiger partial charge >= 0.3 is 0 Å². The van der Waals surface area contributed by atoms with E-state index in [0.29, 0.717) is 17.3 Å². The maximum Gasteiger partial charge on any atom is 0.281 e. The number of benzene rings is 1. The summed E-state index contributed by atoms with van der Waals surface area (Å²) in [7, 11) is 0. The van der Waals surface area contributed by atoms with Crippen molar-refractivity contribution in [2.24, 2.45) is 0 Å². The van der Waals surface area contributed by atoms with Gasteiger partial charge in [0.25, 0.3) is 5.69 Å². The van der Waals surface area contributed by atoms with Crippen molar-refractivity contribution in [3.8, 4) is 0 Å². The van der Waals surface area contributed by atoms with Gasteiger partial charge in [-0.3, -0.25) is 15.1 Å². The van der Waals surface area contributed by atoms with E-state index in [1.54, 1.807) is 18.3 Å². The van der Waals surface area contributed by atoms with E-state index >= 15 is 0 Å². The van der Waals surface area contributed by atoms with Gasteiger partial charge in [-0.15, -0.1) is 0 Å². The molecule has 5 nitrogen and oxygen atoms in total. The third kappa shape index (κ3) is 3.55. The Bertz CT molecular complexity index is 628. The summed E-state index contributed by atoms with van der Waals surface area (Å²) in [6.45, 7) is 5.15. The minimum Gasteiger partial charge on any atom is -0.314 e. The van der Waals surface area contributed by atoms with Crippen molar-refractivity contribution >= 4 is 16.6 Å². The summed E-state index contributed by atoms with van der Waals surface area (Å²) in [5.74, 6) is 0. The molecule has 0 radical (unpaired) electrons. The number of nitro groups is 1. The number of hydrogen-bond acceptors (Lipinski definition) is 4. The molecule has 2 rings (SSSR count). The normalized spacial score (nSPS) is 12.5. The lowest BCUT2D eigenvalue weighted by Gasteiger charge is -2.17. The summed E-state index contributed by atoms with van der Waals surface area (Å²) in [6, 6.07) is 7.47. The Morgan fingerprint density at radius 2 is 2.14 bits per heavy atom. The predicted octanol–water partition coefficient (Wildman–Crippen LogP) is 3.46. The van der Waals surface area contributed by atoms with Crippen molar-refractivity contribution in [1.82, 2.24) is 10.3 Å². The van der Waals surface area contributed by atoms with Crippen LogP contribution in [0.25, 0.3) is 10.9 Å². The second kappa shape index (κ2) is 7.13. The standard InChI is InChI=1S/C16H21N3O2/c1-3-9-17-13(4-2)11-12-7-8-15-14(6-5-10-18-15)16(12)19(20)21/h5-8,10,13,17H,3-4,9,11H2,1-2H3. The first kappa shape index (κ1) is 15.4. The molecule has 0 bridgehead atoms. The van der Waals surface area contributed by atoms with Gasteiger partial charge in [-0.2, -0.15) is 0 Å². The minimum absolute atomic E-state index is 0.192. The first-order valence-electron chi connectivity index (χ1n) is 7.41. The molecule has 0 aliphatic rings. The number of nitrogens with zero attached hydrogens (tertiary/aromatic N) is 2. The van der Waals surface area contributed by atoms with Gasteiger partial charge < -0.3 is 5.32 Å². The van der Waals surface area contributed by atoms with Crippen molar-refractivity contribution in [3.05, 3.63) is 46.1 Å². The predicted molar refractivity (Wildman–Crippen MR) is 84.5 cm³/mol. The fourth-order valence-electron chi connectivity index (χ4n) is 2.54. The molecule has 1 aromatic carbocycles. The Kier molecular flexibility index (Phi) is 5.22. The third-order valence-corrected chi connectivity index (χ3v) is 3.66. The van der Waals surface area contributed by atoms with Gasteiger partial charge in [0.1, 0.15) is 0 Å². The average molecular weight is 287 g/mol. The lowest BCUT2D eigenvalue weighted by Crippen LogP contribution is -2.31. The minimum atomic E-state index is -0.286. The molecule has 2 aromatic rings. The Morgan fingerprint density at radius 1 is 1.33 bits per heavy atom. The van der Waals surface area contributed by atoms with E-state index in [2.05, 4.69) is 24.1 Å². The Labute approximate surface area is 124 Å². The fraction of sp³-hybridized carbons (Fsp3) is 0.438. The highest BCUT2D eigenvalue weighted by Crippen LogP contribution is 2.29. The molecule has 0 saturated heterocycles. The van der Waals surface area contributed by atoms with E-state index in [9.17, 15) is 10.1 Å². The molecule has 1 N–H and O–H groups in total. The number of nitro benzene ring substituents is 1. The van der Waals surface area contributed by atoms with Crippen LogP contribution in [-0.4, -0.2) is 22.5 Å². The summed E-state index contributed by atoms with van der Waals surface area (Å²) < 4.78 is 0. The van der Waals surface area contributed by atoms with Crippen LogP contribution in [0.2, 0.25) is 0 Å². The average Bonchev–Trinajstić information content (AvgIpc) is 2.50. The molecule has 1 atom stereocenters. The first-order valence-corrected chi connectivity index (χ1v) is 7.41. The zero-order valence-electron chi connectivity index (χ0n) is 12.5. The van der Waals surface area contributed by atoms with Crippen LogP contribution in [-0.2, 0) is 6.42 Å². The highest BCUT2D eigenvalue weighted by atomic mass is 16.6. The summed E-state index contributed by atoms with van der Waals surface area (Å²) in [4.78, 5) is 15.4. The lowest BCUT2D eigenvalue weighted by molar-refractivity contribution is -0.383. The van der Waals surface area contributed by atoms with Gasteiger partial charge in [0, 0.05) is 17.8 Å². The van der Waals surface area contributed by atoms with E-state index in [1.807, 2.05) is 12.1 Å². The Morgan fingerprint density at radius 3 is 2.81 bits per heavy atom. The van der Waals surface area contributed by atoms with Crippen LogP contribution < -0.4 is 5.32 Å². The summed E-state index contributed by atoms with van der Waals surface area (Å²) in [5.41, 5.74) is 1.64. The molecule has 0 amide bonds. The highest BCUT2D eigenvalue weighted by Gasteiger charge is 2.20. The molecule has 112 valence electrons. The van der Waals surface area contributed by atoms with Crippen molar-refractivity contribution < 1.29 is 4.92 Å². The second-order valence-corrected chi connectivity index (χ2v) is 5.16. The third-order valence-electron chi connectivity index (χ3n) is 3.66. The van der Waals surface area contributed by atoms with Crippen molar-refractivity contribution in [1.29, 1.82) is 0 Å². The lowest BCUT2D eigenvalue weighted by atomic mass is 9.99. The Balaban J connectivity index is 2.38. The summed E-state index contributed by atoms with van der Waals surface area (Å²) >= 11 is 0. The number of fused-ring (bicyclic) bond motifs is 1. The maximum absolute atomic E-state index is 11.5. The smallest absolute Gasteiger partial charge is 0.281 e. The number of rotatable bonds is 7. The molecule has 21 heavy (non-hydrogen) atoms. The van der Waals surface area contributed by atoms with E-state index in [-0.39, 0.29) is 16.7 Å². The molecule has 1 heterocycles. The zero-order chi connectivity index (χ0) is 15.2. The zero-order valence-corrected chi connectivity index (χ0v) is 12.5. The van der Waals surface area contributed by atoms with Crippen molar-refractivity contribution in [2.75, 3.05) is 6.54 Å². The van der Waals surface area contributed by atoms with E-state index in [4.69, 9.17) is 0 Å². The summed E-state index contributed by atoms with van der Waals surface area (Å²) in [5, 5.41) is 15.5.